The molecule has 1 unspecified atom stereocenters. The molecule has 106 valence electrons. The van der Waals surface area contributed by atoms with Crippen LogP contribution < -0.4 is 4.72 Å². The van der Waals surface area contributed by atoms with Crippen molar-refractivity contribution in [1.82, 2.24) is 9.62 Å². The number of aliphatic hydroxyl groups is 1. The molecule has 0 amide bonds. The molecule has 1 aromatic carbocycles. The predicted molar refractivity (Wildman–Crippen MR) is 68.5 cm³/mol. The van der Waals surface area contributed by atoms with Gasteiger partial charge in [-0.1, -0.05) is 6.07 Å². The number of aliphatic hydroxyl groups excluding tert-OH is 1. The van der Waals surface area contributed by atoms with Crippen LogP contribution in [-0.4, -0.2) is 44.6 Å². The van der Waals surface area contributed by atoms with Gasteiger partial charge < -0.3 is 10.0 Å². The molecule has 1 aliphatic heterocycles. The molecule has 1 aliphatic rings. The number of sulfonamides is 1. The number of likely N-dealkylation sites (tertiary alicyclic amines) is 1. The van der Waals surface area contributed by atoms with Crippen molar-refractivity contribution in [3.63, 3.8) is 0 Å². The van der Waals surface area contributed by atoms with E-state index >= 15 is 0 Å². The van der Waals surface area contributed by atoms with Crippen molar-refractivity contribution in [2.75, 3.05) is 20.1 Å². The highest BCUT2D eigenvalue weighted by Gasteiger charge is 2.27. The number of hydrogen-bond acceptors (Lipinski definition) is 4. The predicted octanol–water partition coefficient (Wildman–Crippen LogP) is 0.300. The zero-order valence-corrected chi connectivity index (χ0v) is 11.5. The second kappa shape index (κ2) is 5.54. The van der Waals surface area contributed by atoms with E-state index in [0.717, 1.165) is 25.1 Å². The average Bonchev–Trinajstić information content (AvgIpc) is 2.74. The standard InChI is InChI=1S/C12H17FN2O3S/c1-15-5-4-11(7-15)14-19(17,18)12-6-10(13)3-2-9(12)8-16/h2-3,6,11,14,16H,4-5,7-8H2,1H3. The number of nitrogens with zero attached hydrogens (tertiary/aromatic N) is 1. The Morgan fingerprint density at radius 3 is 2.84 bits per heavy atom. The number of hydrogen-bond donors (Lipinski definition) is 2. The normalized spacial score (nSPS) is 20.9. The van der Waals surface area contributed by atoms with Crippen LogP contribution in [-0.2, 0) is 16.6 Å². The van der Waals surface area contributed by atoms with Crippen LogP contribution >= 0.6 is 0 Å². The minimum absolute atomic E-state index is 0.176. The molecule has 0 saturated carbocycles. The maximum atomic E-state index is 13.2. The first kappa shape index (κ1) is 14.4. The van der Waals surface area contributed by atoms with Gasteiger partial charge in [-0.15, -0.1) is 0 Å². The summed E-state index contributed by atoms with van der Waals surface area (Å²) < 4.78 is 40.2. The molecule has 1 fully saturated rings. The summed E-state index contributed by atoms with van der Waals surface area (Å²) >= 11 is 0. The topological polar surface area (TPSA) is 69.6 Å². The third-order valence-corrected chi connectivity index (χ3v) is 4.80. The van der Waals surface area contributed by atoms with Crippen LogP contribution in [0.25, 0.3) is 0 Å². The van der Waals surface area contributed by atoms with E-state index in [1.165, 1.54) is 6.07 Å². The van der Waals surface area contributed by atoms with E-state index < -0.39 is 22.4 Å². The van der Waals surface area contributed by atoms with Gasteiger partial charge in [0.2, 0.25) is 10.0 Å². The maximum Gasteiger partial charge on any atom is 0.241 e. The van der Waals surface area contributed by atoms with E-state index in [0.29, 0.717) is 6.54 Å². The van der Waals surface area contributed by atoms with Crippen molar-refractivity contribution >= 4 is 10.0 Å². The lowest BCUT2D eigenvalue weighted by Crippen LogP contribution is -2.36. The highest BCUT2D eigenvalue weighted by molar-refractivity contribution is 7.89. The number of nitrogens with one attached hydrogen (secondary N) is 1. The fourth-order valence-corrected chi connectivity index (χ4v) is 3.73. The largest absolute Gasteiger partial charge is 0.392 e. The first-order valence-corrected chi connectivity index (χ1v) is 7.51. The Morgan fingerprint density at radius 2 is 2.26 bits per heavy atom. The summed E-state index contributed by atoms with van der Waals surface area (Å²) in [5.41, 5.74) is 0.195. The number of rotatable bonds is 4. The van der Waals surface area contributed by atoms with Gasteiger partial charge in [0.05, 0.1) is 11.5 Å². The lowest BCUT2D eigenvalue weighted by molar-refractivity contribution is 0.278. The molecule has 0 bridgehead atoms. The zero-order chi connectivity index (χ0) is 14.0. The van der Waals surface area contributed by atoms with Gasteiger partial charge in [-0.3, -0.25) is 0 Å². The Kier molecular flexibility index (Phi) is 4.19. The maximum absolute atomic E-state index is 13.2. The molecular formula is C12H17FN2O3S. The summed E-state index contributed by atoms with van der Waals surface area (Å²) in [6.07, 6.45) is 0.722. The molecule has 1 saturated heterocycles. The molecule has 1 aromatic rings. The first-order valence-electron chi connectivity index (χ1n) is 6.02. The van der Waals surface area contributed by atoms with Gasteiger partial charge in [0, 0.05) is 12.6 Å². The van der Waals surface area contributed by atoms with Crippen LogP contribution in [0.4, 0.5) is 4.39 Å². The fraction of sp³-hybridized carbons (Fsp3) is 0.500. The molecular weight excluding hydrogens is 271 g/mol. The Morgan fingerprint density at radius 1 is 1.53 bits per heavy atom. The second-order valence-electron chi connectivity index (χ2n) is 4.78. The summed E-state index contributed by atoms with van der Waals surface area (Å²) in [5.74, 6) is -0.638. The zero-order valence-electron chi connectivity index (χ0n) is 10.6. The van der Waals surface area contributed by atoms with E-state index in [-0.39, 0.29) is 16.5 Å². The molecule has 0 aromatic heterocycles. The van der Waals surface area contributed by atoms with Crippen molar-refractivity contribution in [1.29, 1.82) is 0 Å². The summed E-state index contributed by atoms with van der Waals surface area (Å²) in [5, 5.41) is 9.15. The Balaban J connectivity index is 2.26. The van der Waals surface area contributed by atoms with Crippen molar-refractivity contribution in [3.05, 3.63) is 29.6 Å². The van der Waals surface area contributed by atoms with E-state index in [1.54, 1.807) is 0 Å². The van der Waals surface area contributed by atoms with Crippen LogP contribution in [0.15, 0.2) is 23.1 Å². The SMILES string of the molecule is CN1CCC(NS(=O)(=O)c2cc(F)ccc2CO)C1. The van der Waals surface area contributed by atoms with Gasteiger partial charge in [-0.05, 0) is 37.7 Å². The highest BCUT2D eigenvalue weighted by Crippen LogP contribution is 2.19. The Labute approximate surface area is 112 Å². The minimum atomic E-state index is -3.81. The van der Waals surface area contributed by atoms with Crippen molar-refractivity contribution in [2.45, 2.75) is 24.0 Å². The molecule has 19 heavy (non-hydrogen) atoms. The average molecular weight is 288 g/mol. The van der Waals surface area contributed by atoms with Crippen LogP contribution in [0.3, 0.4) is 0 Å². The van der Waals surface area contributed by atoms with E-state index in [4.69, 9.17) is 5.11 Å². The van der Waals surface area contributed by atoms with Gasteiger partial charge in [0.1, 0.15) is 5.82 Å². The van der Waals surface area contributed by atoms with Gasteiger partial charge in [0.15, 0.2) is 0 Å². The molecule has 1 atom stereocenters. The van der Waals surface area contributed by atoms with Gasteiger partial charge >= 0.3 is 0 Å². The lowest BCUT2D eigenvalue weighted by Gasteiger charge is -2.15. The fourth-order valence-electron chi connectivity index (χ4n) is 2.22. The first-order chi connectivity index (χ1) is 8.92. The quantitative estimate of drug-likeness (QED) is 0.836. The molecule has 2 rings (SSSR count). The van der Waals surface area contributed by atoms with Crippen molar-refractivity contribution < 1.29 is 17.9 Å². The summed E-state index contributed by atoms with van der Waals surface area (Å²) in [7, 11) is -1.90. The highest BCUT2D eigenvalue weighted by atomic mass is 32.2. The van der Waals surface area contributed by atoms with Crippen LogP contribution in [0.5, 0.6) is 0 Å². The van der Waals surface area contributed by atoms with E-state index in [9.17, 15) is 12.8 Å². The van der Waals surface area contributed by atoms with E-state index in [2.05, 4.69) is 4.72 Å². The third kappa shape index (κ3) is 3.30. The van der Waals surface area contributed by atoms with Crippen molar-refractivity contribution in [3.8, 4) is 0 Å². The second-order valence-corrected chi connectivity index (χ2v) is 6.46. The monoisotopic (exact) mass is 288 g/mol. The number of halogens is 1. The summed E-state index contributed by atoms with van der Waals surface area (Å²) in [4.78, 5) is 1.83. The van der Waals surface area contributed by atoms with Crippen LogP contribution in [0.2, 0.25) is 0 Å². The molecule has 2 N–H and O–H groups in total. The summed E-state index contributed by atoms with van der Waals surface area (Å²) in [6.45, 7) is 1.01. The van der Waals surface area contributed by atoms with E-state index in [1.807, 2.05) is 11.9 Å². The molecule has 7 heteroatoms. The Bertz CT molecular complexity index is 562. The smallest absolute Gasteiger partial charge is 0.241 e. The Hall–Kier alpha value is -1.02. The number of benzene rings is 1. The van der Waals surface area contributed by atoms with Crippen molar-refractivity contribution in [2.24, 2.45) is 0 Å². The van der Waals surface area contributed by atoms with Crippen LogP contribution in [0.1, 0.15) is 12.0 Å². The molecule has 0 aliphatic carbocycles. The lowest BCUT2D eigenvalue weighted by atomic mass is 10.2. The van der Waals surface area contributed by atoms with Gasteiger partial charge in [-0.25, -0.2) is 17.5 Å². The van der Waals surface area contributed by atoms with Gasteiger partial charge in [-0.2, -0.15) is 0 Å². The van der Waals surface area contributed by atoms with Gasteiger partial charge in [0.25, 0.3) is 0 Å². The molecule has 0 radical (unpaired) electrons. The van der Waals surface area contributed by atoms with Crippen LogP contribution in [0, 0.1) is 5.82 Å². The molecule has 0 spiro atoms. The third-order valence-electron chi connectivity index (χ3n) is 3.20. The number of likely N-dealkylation sites (N-methyl/N-ethyl adjacent to an activating group) is 1. The molecule has 1 heterocycles. The molecule has 5 nitrogen and oxygen atoms in total. The minimum Gasteiger partial charge on any atom is -0.392 e. The summed E-state index contributed by atoms with van der Waals surface area (Å²) in [6, 6.07) is 3.18.